The lowest BCUT2D eigenvalue weighted by Crippen LogP contribution is -2.38. The molecule has 4 heteroatoms. The van der Waals surface area contributed by atoms with Gasteiger partial charge in [-0.2, -0.15) is 0 Å². The van der Waals surface area contributed by atoms with Gasteiger partial charge in [-0.05, 0) is 24.3 Å². The highest BCUT2D eigenvalue weighted by Gasteiger charge is 2.26. The van der Waals surface area contributed by atoms with Crippen LogP contribution in [0.5, 0.6) is 0 Å². The van der Waals surface area contributed by atoms with E-state index in [1.807, 2.05) is 6.92 Å². The summed E-state index contributed by atoms with van der Waals surface area (Å²) in [6.07, 6.45) is 4.40. The monoisotopic (exact) mass is 315 g/mol. The molecule has 0 aromatic carbocycles. The Morgan fingerprint density at radius 1 is 1.39 bits per heavy atom. The summed E-state index contributed by atoms with van der Waals surface area (Å²) in [6, 6.07) is 1.74. The van der Waals surface area contributed by atoms with Crippen LogP contribution in [0.25, 0.3) is 0 Å². The Bertz CT molecular complexity index is 375. The van der Waals surface area contributed by atoms with Crippen molar-refractivity contribution >= 4 is 21.8 Å². The van der Waals surface area contributed by atoms with Crippen LogP contribution in [-0.4, -0.2) is 17.8 Å². The van der Waals surface area contributed by atoms with E-state index in [1.165, 1.54) is 0 Å². The predicted octanol–water partition coefficient (Wildman–Crippen LogP) is 3.77. The van der Waals surface area contributed by atoms with Gasteiger partial charge in [0.25, 0.3) is 5.91 Å². The number of alkyl halides is 1. The highest BCUT2D eigenvalue weighted by atomic mass is 79.9. The van der Waals surface area contributed by atoms with E-state index in [4.69, 9.17) is 4.42 Å². The number of halogens is 1. The van der Waals surface area contributed by atoms with Crippen LogP contribution < -0.4 is 5.32 Å². The third-order valence-corrected chi connectivity index (χ3v) is 4.91. The zero-order valence-electron chi connectivity index (χ0n) is 11.4. The highest BCUT2D eigenvalue weighted by molar-refractivity contribution is 9.09. The molecule has 1 heterocycles. The van der Waals surface area contributed by atoms with Gasteiger partial charge in [-0.3, -0.25) is 4.79 Å². The van der Waals surface area contributed by atoms with Crippen molar-refractivity contribution in [2.45, 2.75) is 40.0 Å². The molecule has 102 valence electrons. The summed E-state index contributed by atoms with van der Waals surface area (Å²) < 4.78 is 5.28. The molecular weight excluding hydrogens is 294 g/mol. The van der Waals surface area contributed by atoms with Gasteiger partial charge >= 0.3 is 0 Å². The Morgan fingerprint density at radius 2 is 2.06 bits per heavy atom. The van der Waals surface area contributed by atoms with Gasteiger partial charge in [-0.25, -0.2) is 0 Å². The molecule has 1 aromatic rings. The summed E-state index contributed by atoms with van der Waals surface area (Å²) in [4.78, 5) is 12.1. The van der Waals surface area contributed by atoms with Crippen LogP contribution in [0, 0.1) is 5.41 Å². The molecule has 0 bridgehead atoms. The first-order chi connectivity index (χ1) is 8.62. The lowest BCUT2D eigenvalue weighted by Gasteiger charge is -2.29. The lowest BCUT2D eigenvalue weighted by atomic mass is 9.84. The molecule has 0 atom stereocenters. The van der Waals surface area contributed by atoms with Gasteiger partial charge < -0.3 is 9.73 Å². The number of rotatable bonds is 7. The molecule has 0 radical (unpaired) electrons. The number of hydrogen-bond donors (Lipinski definition) is 1. The van der Waals surface area contributed by atoms with Crippen LogP contribution in [0.3, 0.4) is 0 Å². The molecular formula is C14H22BrNO2. The summed E-state index contributed by atoms with van der Waals surface area (Å²) >= 11 is 3.55. The second kappa shape index (κ2) is 6.98. The molecule has 1 rings (SSSR count). The molecule has 0 aliphatic carbocycles. The van der Waals surface area contributed by atoms with Crippen LogP contribution in [0.2, 0.25) is 0 Å². The minimum atomic E-state index is -0.0344. The van der Waals surface area contributed by atoms with Crippen LogP contribution in [0.4, 0.5) is 0 Å². The van der Waals surface area contributed by atoms with Gasteiger partial charge in [0.15, 0.2) is 0 Å². The third kappa shape index (κ3) is 3.37. The Morgan fingerprint density at radius 3 is 2.56 bits per heavy atom. The summed E-state index contributed by atoms with van der Waals surface area (Å²) in [6.45, 7) is 6.99. The molecule has 0 unspecified atom stereocenters. The Labute approximate surface area is 117 Å². The SMILES string of the molecule is CCc1occc1C(=O)NCC(CC)(CC)CBr. The quantitative estimate of drug-likeness (QED) is 0.778. The molecule has 0 saturated carbocycles. The molecule has 0 saturated heterocycles. The standard InChI is InChI=1S/C14H22BrNO2/c1-4-12-11(7-8-18-12)13(17)16-10-14(5-2,6-3)9-15/h7-8H,4-6,9-10H2,1-3H3,(H,16,17). The molecule has 0 aliphatic rings. The van der Waals surface area contributed by atoms with Gasteiger partial charge in [-0.1, -0.05) is 36.7 Å². The van der Waals surface area contributed by atoms with Crippen LogP contribution in [0.15, 0.2) is 16.7 Å². The smallest absolute Gasteiger partial charge is 0.254 e. The maximum Gasteiger partial charge on any atom is 0.254 e. The first-order valence-electron chi connectivity index (χ1n) is 6.53. The van der Waals surface area contributed by atoms with Gasteiger partial charge in [0.1, 0.15) is 5.76 Å². The molecule has 0 spiro atoms. The van der Waals surface area contributed by atoms with Crippen LogP contribution in [0.1, 0.15) is 49.7 Å². The maximum atomic E-state index is 12.1. The fourth-order valence-corrected chi connectivity index (χ4v) is 2.91. The topological polar surface area (TPSA) is 42.2 Å². The Kier molecular flexibility index (Phi) is 5.93. The van der Waals surface area contributed by atoms with Gasteiger partial charge in [0, 0.05) is 18.3 Å². The molecule has 1 aromatic heterocycles. The third-order valence-electron chi connectivity index (χ3n) is 3.72. The zero-order chi connectivity index (χ0) is 13.6. The van der Waals surface area contributed by atoms with Crippen molar-refractivity contribution in [3.05, 3.63) is 23.7 Å². The van der Waals surface area contributed by atoms with E-state index in [-0.39, 0.29) is 11.3 Å². The number of furan rings is 1. The van der Waals surface area contributed by atoms with E-state index in [0.29, 0.717) is 12.1 Å². The first kappa shape index (κ1) is 15.3. The minimum Gasteiger partial charge on any atom is -0.469 e. The zero-order valence-corrected chi connectivity index (χ0v) is 13.0. The van der Waals surface area contributed by atoms with Crippen molar-refractivity contribution in [2.24, 2.45) is 5.41 Å². The van der Waals surface area contributed by atoms with Crippen molar-refractivity contribution < 1.29 is 9.21 Å². The molecule has 18 heavy (non-hydrogen) atoms. The van der Waals surface area contributed by atoms with E-state index >= 15 is 0 Å². The number of amides is 1. The summed E-state index contributed by atoms with van der Waals surface area (Å²) in [5.41, 5.74) is 0.805. The second-order valence-corrected chi connectivity index (χ2v) is 5.20. The molecule has 1 amide bonds. The van der Waals surface area contributed by atoms with Crippen molar-refractivity contribution in [1.82, 2.24) is 5.32 Å². The number of nitrogens with one attached hydrogen (secondary N) is 1. The minimum absolute atomic E-state index is 0.0344. The predicted molar refractivity (Wildman–Crippen MR) is 77.2 cm³/mol. The van der Waals surface area contributed by atoms with E-state index < -0.39 is 0 Å². The Balaban J connectivity index is 2.66. The highest BCUT2D eigenvalue weighted by Crippen LogP contribution is 2.27. The molecule has 0 fully saturated rings. The molecule has 3 nitrogen and oxygen atoms in total. The number of carbonyl (C=O) groups is 1. The average Bonchev–Trinajstić information content (AvgIpc) is 2.89. The van der Waals surface area contributed by atoms with Gasteiger partial charge in [-0.15, -0.1) is 0 Å². The van der Waals surface area contributed by atoms with Gasteiger partial charge in [0.05, 0.1) is 11.8 Å². The Hall–Kier alpha value is -0.770. The largest absolute Gasteiger partial charge is 0.469 e. The van der Waals surface area contributed by atoms with E-state index in [0.717, 1.165) is 30.4 Å². The van der Waals surface area contributed by atoms with E-state index in [2.05, 4.69) is 35.1 Å². The molecule has 0 aliphatic heterocycles. The lowest BCUT2D eigenvalue weighted by molar-refractivity contribution is 0.0930. The van der Waals surface area contributed by atoms with Crippen LogP contribution in [-0.2, 0) is 6.42 Å². The van der Waals surface area contributed by atoms with E-state index in [9.17, 15) is 4.79 Å². The normalized spacial score (nSPS) is 11.6. The van der Waals surface area contributed by atoms with E-state index in [1.54, 1.807) is 12.3 Å². The number of carbonyl (C=O) groups excluding carboxylic acids is 1. The van der Waals surface area contributed by atoms with Crippen molar-refractivity contribution in [3.8, 4) is 0 Å². The van der Waals surface area contributed by atoms with Crippen LogP contribution >= 0.6 is 15.9 Å². The fourth-order valence-electron chi connectivity index (χ4n) is 1.92. The second-order valence-electron chi connectivity index (χ2n) is 4.63. The van der Waals surface area contributed by atoms with Crippen molar-refractivity contribution in [3.63, 3.8) is 0 Å². The summed E-state index contributed by atoms with van der Waals surface area (Å²) in [5.74, 6) is 0.720. The molecule has 1 N–H and O–H groups in total. The first-order valence-corrected chi connectivity index (χ1v) is 7.65. The fraction of sp³-hybridized carbons (Fsp3) is 0.643. The maximum absolute atomic E-state index is 12.1. The van der Waals surface area contributed by atoms with Gasteiger partial charge in [0.2, 0.25) is 0 Å². The average molecular weight is 316 g/mol. The van der Waals surface area contributed by atoms with Crippen molar-refractivity contribution in [2.75, 3.05) is 11.9 Å². The number of hydrogen-bond acceptors (Lipinski definition) is 2. The summed E-state index contributed by atoms with van der Waals surface area (Å²) in [7, 11) is 0. The summed E-state index contributed by atoms with van der Waals surface area (Å²) in [5, 5.41) is 3.93. The number of aryl methyl sites for hydroxylation is 1. The van der Waals surface area contributed by atoms with Crippen molar-refractivity contribution in [1.29, 1.82) is 0 Å².